The number of hydrogen-bond donors (Lipinski definition) is 1. The van der Waals surface area contributed by atoms with E-state index in [1.165, 1.54) is 12.1 Å². The summed E-state index contributed by atoms with van der Waals surface area (Å²) < 4.78 is 0. The molecule has 2 atom stereocenters. The number of nitrogens with zero attached hydrogens (tertiary/aromatic N) is 2. The van der Waals surface area contributed by atoms with Crippen LogP contribution in [-0.2, 0) is 0 Å². The van der Waals surface area contributed by atoms with Crippen LogP contribution in [0.25, 0.3) is 0 Å². The van der Waals surface area contributed by atoms with E-state index < -0.39 is 0 Å². The number of hydrogen-bond acceptors (Lipinski definition) is 3. The van der Waals surface area contributed by atoms with Gasteiger partial charge < -0.3 is 15.5 Å². The molecule has 94 valence electrons. The monoisotopic (exact) mass is 233 g/mol. The number of nitrogens with two attached hydrogens (primary N) is 1. The van der Waals surface area contributed by atoms with Gasteiger partial charge in [-0.25, -0.2) is 0 Å². The highest BCUT2D eigenvalue weighted by Gasteiger charge is 2.25. The zero-order chi connectivity index (χ0) is 12.3. The smallest absolute Gasteiger partial charge is 0.0390 e. The van der Waals surface area contributed by atoms with E-state index in [1.54, 1.807) is 0 Å². The molecule has 2 unspecified atom stereocenters. The van der Waals surface area contributed by atoms with Crippen LogP contribution in [0.2, 0.25) is 0 Å². The standard InChI is InChI=1S/C14H23N3/c1-12-8-9-16(2)14(10-15)11-17(12)13-6-4-3-5-7-13/h3-7,12,14H,8-11,15H2,1-2H3. The molecule has 0 radical (unpaired) electrons. The second-order valence-corrected chi connectivity index (χ2v) is 5.00. The van der Waals surface area contributed by atoms with Crippen LogP contribution in [0.1, 0.15) is 13.3 Å². The first-order chi connectivity index (χ1) is 8.22. The maximum absolute atomic E-state index is 5.88. The third kappa shape index (κ3) is 2.79. The predicted molar refractivity (Wildman–Crippen MR) is 73.3 cm³/mol. The SMILES string of the molecule is CC1CCN(C)C(CN)CN1c1ccccc1. The van der Waals surface area contributed by atoms with Gasteiger partial charge in [-0.15, -0.1) is 0 Å². The molecule has 1 saturated heterocycles. The summed E-state index contributed by atoms with van der Waals surface area (Å²) in [6, 6.07) is 11.7. The van der Waals surface area contributed by atoms with Gasteiger partial charge in [0.05, 0.1) is 0 Å². The topological polar surface area (TPSA) is 32.5 Å². The Morgan fingerprint density at radius 2 is 2.00 bits per heavy atom. The zero-order valence-electron chi connectivity index (χ0n) is 10.8. The van der Waals surface area contributed by atoms with E-state index in [2.05, 4.69) is 54.1 Å². The first kappa shape index (κ1) is 12.4. The highest BCUT2D eigenvalue weighted by Crippen LogP contribution is 2.22. The van der Waals surface area contributed by atoms with Gasteiger partial charge in [-0.1, -0.05) is 18.2 Å². The van der Waals surface area contributed by atoms with Gasteiger partial charge in [0.25, 0.3) is 0 Å². The Kier molecular flexibility index (Phi) is 4.02. The van der Waals surface area contributed by atoms with Crippen molar-refractivity contribution in [1.29, 1.82) is 0 Å². The van der Waals surface area contributed by atoms with Crippen LogP contribution in [0.4, 0.5) is 5.69 Å². The molecule has 3 heteroatoms. The molecule has 0 aliphatic carbocycles. The van der Waals surface area contributed by atoms with Crippen molar-refractivity contribution in [2.45, 2.75) is 25.4 Å². The van der Waals surface area contributed by atoms with Crippen LogP contribution in [0.5, 0.6) is 0 Å². The van der Waals surface area contributed by atoms with E-state index in [9.17, 15) is 0 Å². The normalized spacial score (nSPS) is 26.9. The van der Waals surface area contributed by atoms with Crippen molar-refractivity contribution in [1.82, 2.24) is 4.90 Å². The zero-order valence-corrected chi connectivity index (χ0v) is 10.8. The molecular weight excluding hydrogens is 210 g/mol. The lowest BCUT2D eigenvalue weighted by atomic mass is 10.1. The van der Waals surface area contributed by atoms with E-state index in [1.807, 2.05) is 0 Å². The lowest BCUT2D eigenvalue weighted by molar-refractivity contribution is 0.265. The molecule has 1 aromatic carbocycles. The fourth-order valence-electron chi connectivity index (χ4n) is 2.51. The van der Waals surface area contributed by atoms with Crippen molar-refractivity contribution in [3.63, 3.8) is 0 Å². The van der Waals surface area contributed by atoms with Crippen molar-refractivity contribution < 1.29 is 0 Å². The van der Waals surface area contributed by atoms with Gasteiger partial charge in [0.1, 0.15) is 0 Å². The second kappa shape index (κ2) is 5.52. The summed E-state index contributed by atoms with van der Waals surface area (Å²) >= 11 is 0. The summed E-state index contributed by atoms with van der Waals surface area (Å²) in [5, 5.41) is 0. The summed E-state index contributed by atoms with van der Waals surface area (Å²) in [6.07, 6.45) is 1.20. The minimum Gasteiger partial charge on any atom is -0.367 e. The Hall–Kier alpha value is -1.06. The fraction of sp³-hybridized carbons (Fsp3) is 0.571. The Bertz CT molecular complexity index is 339. The first-order valence-corrected chi connectivity index (χ1v) is 6.44. The molecule has 1 fully saturated rings. The van der Waals surface area contributed by atoms with Crippen LogP contribution in [-0.4, -0.2) is 43.7 Å². The molecule has 2 N–H and O–H groups in total. The van der Waals surface area contributed by atoms with E-state index in [-0.39, 0.29) is 0 Å². The summed E-state index contributed by atoms with van der Waals surface area (Å²) in [4.78, 5) is 4.88. The molecule has 1 aliphatic rings. The van der Waals surface area contributed by atoms with E-state index >= 15 is 0 Å². The van der Waals surface area contributed by atoms with Crippen LogP contribution in [0, 0.1) is 0 Å². The Labute approximate surface area is 104 Å². The quantitative estimate of drug-likeness (QED) is 0.841. The highest BCUT2D eigenvalue weighted by molar-refractivity contribution is 5.47. The second-order valence-electron chi connectivity index (χ2n) is 5.00. The molecule has 0 bridgehead atoms. The Morgan fingerprint density at radius 1 is 1.29 bits per heavy atom. The number of rotatable bonds is 2. The number of para-hydroxylation sites is 1. The largest absolute Gasteiger partial charge is 0.367 e. The molecule has 1 heterocycles. The van der Waals surface area contributed by atoms with Crippen molar-refractivity contribution in [2.24, 2.45) is 5.73 Å². The first-order valence-electron chi connectivity index (χ1n) is 6.44. The third-order valence-electron chi connectivity index (χ3n) is 3.82. The van der Waals surface area contributed by atoms with Gasteiger partial charge in [0.2, 0.25) is 0 Å². The molecule has 0 amide bonds. The number of anilines is 1. The summed E-state index contributed by atoms with van der Waals surface area (Å²) in [6.45, 7) is 5.19. The molecule has 1 aliphatic heterocycles. The molecule has 1 aromatic rings. The molecule has 17 heavy (non-hydrogen) atoms. The molecule has 0 spiro atoms. The van der Waals surface area contributed by atoms with Gasteiger partial charge in [0, 0.05) is 37.4 Å². The minimum atomic E-state index is 0.458. The van der Waals surface area contributed by atoms with E-state index in [0.717, 1.165) is 19.6 Å². The van der Waals surface area contributed by atoms with Crippen LogP contribution >= 0.6 is 0 Å². The van der Waals surface area contributed by atoms with Crippen molar-refractivity contribution >= 4 is 5.69 Å². The Balaban J connectivity index is 2.19. The fourth-order valence-corrected chi connectivity index (χ4v) is 2.51. The summed E-state index contributed by atoms with van der Waals surface area (Å²) in [5.41, 5.74) is 7.19. The van der Waals surface area contributed by atoms with Crippen molar-refractivity contribution in [3.8, 4) is 0 Å². The number of likely N-dealkylation sites (N-methyl/N-ethyl adjacent to an activating group) is 1. The number of benzene rings is 1. The summed E-state index contributed by atoms with van der Waals surface area (Å²) in [7, 11) is 2.18. The summed E-state index contributed by atoms with van der Waals surface area (Å²) in [5.74, 6) is 0. The van der Waals surface area contributed by atoms with Gasteiger partial charge in [0.15, 0.2) is 0 Å². The average Bonchev–Trinajstić information content (AvgIpc) is 2.51. The van der Waals surface area contributed by atoms with Gasteiger partial charge in [-0.3, -0.25) is 0 Å². The molecule has 2 rings (SSSR count). The molecule has 3 nitrogen and oxygen atoms in total. The van der Waals surface area contributed by atoms with Crippen molar-refractivity contribution in [2.75, 3.05) is 31.6 Å². The van der Waals surface area contributed by atoms with Gasteiger partial charge in [-0.05, 0) is 32.5 Å². The molecule has 0 aromatic heterocycles. The highest BCUT2D eigenvalue weighted by atomic mass is 15.3. The van der Waals surface area contributed by atoms with Crippen LogP contribution in [0.3, 0.4) is 0 Å². The van der Waals surface area contributed by atoms with Gasteiger partial charge >= 0.3 is 0 Å². The van der Waals surface area contributed by atoms with E-state index in [4.69, 9.17) is 5.73 Å². The van der Waals surface area contributed by atoms with Gasteiger partial charge in [-0.2, -0.15) is 0 Å². The lowest BCUT2D eigenvalue weighted by Gasteiger charge is -2.32. The molecule has 0 saturated carbocycles. The molecular formula is C14H23N3. The van der Waals surface area contributed by atoms with Crippen LogP contribution < -0.4 is 10.6 Å². The maximum Gasteiger partial charge on any atom is 0.0390 e. The maximum atomic E-state index is 5.88. The third-order valence-corrected chi connectivity index (χ3v) is 3.82. The Morgan fingerprint density at radius 3 is 2.65 bits per heavy atom. The van der Waals surface area contributed by atoms with Crippen molar-refractivity contribution in [3.05, 3.63) is 30.3 Å². The predicted octanol–water partition coefficient (Wildman–Crippen LogP) is 1.54. The lowest BCUT2D eigenvalue weighted by Crippen LogP contribution is -2.45. The van der Waals surface area contributed by atoms with Crippen LogP contribution in [0.15, 0.2) is 30.3 Å². The minimum absolute atomic E-state index is 0.458. The van der Waals surface area contributed by atoms with E-state index in [0.29, 0.717) is 12.1 Å². The average molecular weight is 233 g/mol.